The van der Waals surface area contributed by atoms with Crippen LogP contribution in [0.5, 0.6) is 5.75 Å². The Labute approximate surface area is 101 Å². The molecule has 0 aromatic heterocycles. The van der Waals surface area contributed by atoms with Gasteiger partial charge in [0, 0.05) is 5.02 Å². The summed E-state index contributed by atoms with van der Waals surface area (Å²) in [5.41, 5.74) is 12.3. The number of hydrogen-bond donors (Lipinski definition) is 3. The van der Waals surface area contributed by atoms with Crippen molar-refractivity contribution in [3.05, 3.63) is 22.7 Å². The van der Waals surface area contributed by atoms with Crippen LogP contribution in [0.25, 0.3) is 0 Å². The SMILES string of the molecule is [B]C(CN)c1c(Cl)ccc(OCCO)c1N. The van der Waals surface area contributed by atoms with E-state index in [1.54, 1.807) is 12.1 Å². The van der Waals surface area contributed by atoms with Crippen molar-refractivity contribution in [2.75, 3.05) is 25.5 Å². The van der Waals surface area contributed by atoms with Gasteiger partial charge in [0.05, 0.1) is 20.1 Å². The number of aliphatic hydroxyl groups excluding tert-OH is 1. The lowest BCUT2D eigenvalue weighted by Gasteiger charge is -2.17. The molecule has 1 atom stereocenters. The van der Waals surface area contributed by atoms with Crippen LogP contribution in [0.1, 0.15) is 11.4 Å². The average molecular weight is 240 g/mol. The number of hydrogen-bond acceptors (Lipinski definition) is 4. The van der Waals surface area contributed by atoms with E-state index in [1.807, 2.05) is 0 Å². The number of nitrogen functional groups attached to an aromatic ring is 1. The predicted molar refractivity (Wildman–Crippen MR) is 66.0 cm³/mol. The van der Waals surface area contributed by atoms with Crippen LogP contribution >= 0.6 is 11.6 Å². The highest BCUT2D eigenvalue weighted by Gasteiger charge is 2.15. The summed E-state index contributed by atoms with van der Waals surface area (Å²) in [6.45, 7) is 0.330. The van der Waals surface area contributed by atoms with E-state index >= 15 is 0 Å². The van der Waals surface area contributed by atoms with Crippen LogP contribution in [0.4, 0.5) is 5.69 Å². The van der Waals surface area contributed by atoms with Gasteiger partial charge in [-0.3, -0.25) is 0 Å². The van der Waals surface area contributed by atoms with Gasteiger partial charge in [-0.2, -0.15) is 0 Å². The first-order valence-corrected chi connectivity index (χ1v) is 5.26. The summed E-state index contributed by atoms with van der Waals surface area (Å²) in [5, 5.41) is 9.13. The molecule has 6 heteroatoms. The quantitative estimate of drug-likeness (QED) is 0.516. The number of nitrogens with two attached hydrogens (primary N) is 2. The van der Waals surface area contributed by atoms with Gasteiger partial charge in [-0.25, -0.2) is 0 Å². The summed E-state index contributed by atoms with van der Waals surface area (Å²) >= 11 is 5.99. The Balaban J connectivity index is 3.06. The Morgan fingerprint density at radius 3 is 2.75 bits per heavy atom. The summed E-state index contributed by atoms with van der Waals surface area (Å²) in [4.78, 5) is 0. The Hall–Kier alpha value is -0.905. The number of anilines is 1. The summed E-state index contributed by atoms with van der Waals surface area (Å²) in [6, 6.07) is 3.29. The van der Waals surface area contributed by atoms with Crippen molar-refractivity contribution in [1.82, 2.24) is 0 Å². The molecule has 1 aromatic rings. The fraction of sp³-hybridized carbons (Fsp3) is 0.400. The highest BCUT2D eigenvalue weighted by atomic mass is 35.5. The minimum Gasteiger partial charge on any atom is -0.489 e. The Morgan fingerprint density at radius 1 is 1.50 bits per heavy atom. The number of aliphatic hydroxyl groups is 1. The first-order chi connectivity index (χ1) is 7.61. The van der Waals surface area contributed by atoms with Crippen molar-refractivity contribution in [3.8, 4) is 5.75 Å². The third kappa shape index (κ3) is 2.81. The topological polar surface area (TPSA) is 81.5 Å². The largest absolute Gasteiger partial charge is 0.489 e. The minimum atomic E-state index is -0.426. The summed E-state index contributed by atoms with van der Waals surface area (Å²) < 4.78 is 5.25. The van der Waals surface area contributed by atoms with Gasteiger partial charge >= 0.3 is 0 Å². The number of halogens is 1. The van der Waals surface area contributed by atoms with E-state index in [0.717, 1.165) is 0 Å². The molecular weight excluding hydrogens is 226 g/mol. The molecule has 1 rings (SSSR count). The molecule has 0 saturated heterocycles. The molecule has 0 aliphatic heterocycles. The fourth-order valence-electron chi connectivity index (χ4n) is 1.37. The summed E-state index contributed by atoms with van der Waals surface area (Å²) in [6.07, 6.45) is 0. The van der Waals surface area contributed by atoms with Gasteiger partial charge < -0.3 is 21.3 Å². The van der Waals surface area contributed by atoms with Crippen LogP contribution in [-0.2, 0) is 0 Å². The van der Waals surface area contributed by atoms with E-state index in [4.69, 9.17) is 40.8 Å². The molecule has 0 saturated carbocycles. The van der Waals surface area contributed by atoms with Crippen molar-refractivity contribution >= 4 is 25.1 Å². The molecule has 2 radical (unpaired) electrons. The van der Waals surface area contributed by atoms with Crippen LogP contribution in [0, 0.1) is 0 Å². The lowest BCUT2D eigenvalue weighted by atomic mass is 9.80. The monoisotopic (exact) mass is 240 g/mol. The van der Waals surface area contributed by atoms with E-state index in [0.29, 0.717) is 22.0 Å². The maximum Gasteiger partial charge on any atom is 0.142 e. The smallest absolute Gasteiger partial charge is 0.142 e. The van der Waals surface area contributed by atoms with Crippen molar-refractivity contribution in [2.45, 2.75) is 5.82 Å². The Morgan fingerprint density at radius 2 is 2.19 bits per heavy atom. The molecule has 0 spiro atoms. The van der Waals surface area contributed by atoms with E-state index in [2.05, 4.69) is 0 Å². The summed E-state index contributed by atoms with van der Waals surface area (Å²) in [7, 11) is 5.80. The van der Waals surface area contributed by atoms with E-state index < -0.39 is 5.82 Å². The second kappa shape index (κ2) is 5.99. The Bertz CT molecular complexity index is 363. The van der Waals surface area contributed by atoms with Gasteiger partial charge in [0.2, 0.25) is 0 Å². The lowest BCUT2D eigenvalue weighted by molar-refractivity contribution is 0.202. The maximum atomic E-state index is 8.66. The number of benzene rings is 1. The second-order valence-electron chi connectivity index (χ2n) is 3.29. The zero-order valence-corrected chi connectivity index (χ0v) is 9.57. The van der Waals surface area contributed by atoms with Crippen LogP contribution in [0.15, 0.2) is 12.1 Å². The zero-order chi connectivity index (χ0) is 12.1. The molecule has 4 nitrogen and oxygen atoms in total. The standard InChI is InChI=1S/C10H14BClN2O2/c11-6(5-13)9-7(12)1-2-8(10(9)14)16-4-3-15/h1-2,6,15H,3-5,13-14H2. The molecule has 16 heavy (non-hydrogen) atoms. The fourth-order valence-corrected chi connectivity index (χ4v) is 1.67. The second-order valence-corrected chi connectivity index (χ2v) is 3.69. The van der Waals surface area contributed by atoms with Crippen LogP contribution in [0.3, 0.4) is 0 Å². The van der Waals surface area contributed by atoms with Crippen molar-refractivity contribution in [2.24, 2.45) is 5.73 Å². The first kappa shape index (κ1) is 13.2. The van der Waals surface area contributed by atoms with Crippen molar-refractivity contribution < 1.29 is 9.84 Å². The van der Waals surface area contributed by atoms with Crippen LogP contribution in [0.2, 0.25) is 5.02 Å². The van der Waals surface area contributed by atoms with Gasteiger partial charge in [0.25, 0.3) is 0 Å². The zero-order valence-electron chi connectivity index (χ0n) is 8.82. The molecule has 1 unspecified atom stereocenters. The predicted octanol–water partition coefficient (Wildman–Crippen LogP) is 0.462. The molecule has 1 aromatic carbocycles. The van der Waals surface area contributed by atoms with E-state index in [1.165, 1.54) is 0 Å². The lowest BCUT2D eigenvalue weighted by Crippen LogP contribution is -2.15. The van der Waals surface area contributed by atoms with Crippen molar-refractivity contribution in [1.29, 1.82) is 0 Å². The van der Waals surface area contributed by atoms with Crippen LogP contribution in [-0.4, -0.2) is 32.7 Å². The minimum absolute atomic E-state index is 0.0830. The molecule has 86 valence electrons. The third-order valence-corrected chi connectivity index (χ3v) is 2.50. The molecule has 0 aliphatic carbocycles. The number of rotatable bonds is 5. The highest BCUT2D eigenvalue weighted by Crippen LogP contribution is 2.35. The molecular formula is C10H14BClN2O2. The first-order valence-electron chi connectivity index (χ1n) is 4.89. The van der Waals surface area contributed by atoms with Gasteiger partial charge in [-0.05, 0) is 30.1 Å². The van der Waals surface area contributed by atoms with E-state index in [9.17, 15) is 0 Å². The highest BCUT2D eigenvalue weighted by molar-refractivity contribution is 6.32. The summed E-state index contributed by atoms with van der Waals surface area (Å²) in [5.74, 6) is 0.0301. The average Bonchev–Trinajstić information content (AvgIpc) is 2.28. The number of ether oxygens (including phenoxy) is 1. The van der Waals surface area contributed by atoms with Gasteiger partial charge in [-0.1, -0.05) is 11.6 Å². The van der Waals surface area contributed by atoms with Crippen LogP contribution < -0.4 is 16.2 Å². The molecule has 0 heterocycles. The van der Waals surface area contributed by atoms with Crippen molar-refractivity contribution in [3.63, 3.8) is 0 Å². The normalized spacial score (nSPS) is 12.4. The molecule has 0 aliphatic rings. The molecule has 0 bridgehead atoms. The Kier molecular flexibility index (Phi) is 4.92. The molecule has 0 fully saturated rings. The molecule has 5 N–H and O–H groups in total. The van der Waals surface area contributed by atoms with Gasteiger partial charge in [0.1, 0.15) is 12.4 Å². The van der Waals surface area contributed by atoms with Gasteiger partial charge in [-0.15, -0.1) is 0 Å². The third-order valence-electron chi connectivity index (χ3n) is 2.17. The molecule has 0 amide bonds. The van der Waals surface area contributed by atoms with E-state index in [-0.39, 0.29) is 19.8 Å². The maximum absolute atomic E-state index is 8.66. The van der Waals surface area contributed by atoms with Gasteiger partial charge in [0.15, 0.2) is 0 Å².